The second-order valence-electron chi connectivity index (χ2n) is 4.79. The summed E-state index contributed by atoms with van der Waals surface area (Å²) in [6, 6.07) is 8.17. The first-order valence-electron chi connectivity index (χ1n) is 6.93. The van der Waals surface area contributed by atoms with E-state index in [0.717, 1.165) is 5.75 Å². The zero-order chi connectivity index (χ0) is 16.7. The molecule has 2 rings (SSSR count). The first-order chi connectivity index (χ1) is 11.0. The minimum Gasteiger partial charge on any atom is -0.326 e. The molecular weight excluding hydrogens is 352 g/mol. The highest BCUT2D eigenvalue weighted by Gasteiger charge is 2.13. The SMILES string of the molecule is CC(=O)Nc1ccc(S(=O)(=O)NCCSCc2ccsc2)cc1. The van der Waals surface area contributed by atoms with Gasteiger partial charge in [0.2, 0.25) is 15.9 Å². The van der Waals surface area contributed by atoms with Gasteiger partial charge in [-0.15, -0.1) is 0 Å². The fourth-order valence-electron chi connectivity index (χ4n) is 1.82. The van der Waals surface area contributed by atoms with Crippen molar-refractivity contribution >= 4 is 44.7 Å². The number of thiophene rings is 1. The number of carbonyl (C=O) groups excluding carboxylic acids is 1. The monoisotopic (exact) mass is 370 g/mol. The Hall–Kier alpha value is -1.35. The molecule has 2 N–H and O–H groups in total. The van der Waals surface area contributed by atoms with E-state index in [1.165, 1.54) is 24.6 Å². The molecule has 0 radical (unpaired) electrons. The van der Waals surface area contributed by atoms with Crippen molar-refractivity contribution in [1.82, 2.24) is 4.72 Å². The molecule has 0 bridgehead atoms. The normalized spacial score (nSPS) is 11.3. The van der Waals surface area contributed by atoms with E-state index < -0.39 is 10.0 Å². The van der Waals surface area contributed by atoms with Crippen LogP contribution >= 0.6 is 23.1 Å². The number of amides is 1. The van der Waals surface area contributed by atoms with Crippen molar-refractivity contribution in [1.29, 1.82) is 0 Å². The Kier molecular flexibility index (Phi) is 6.64. The van der Waals surface area contributed by atoms with E-state index in [4.69, 9.17) is 0 Å². The van der Waals surface area contributed by atoms with Gasteiger partial charge in [-0.2, -0.15) is 23.1 Å². The van der Waals surface area contributed by atoms with Gasteiger partial charge < -0.3 is 5.32 Å². The molecule has 0 saturated heterocycles. The number of thioether (sulfide) groups is 1. The lowest BCUT2D eigenvalue weighted by Gasteiger charge is -2.08. The summed E-state index contributed by atoms with van der Waals surface area (Å²) in [6.07, 6.45) is 0. The molecule has 1 aromatic carbocycles. The van der Waals surface area contributed by atoms with Gasteiger partial charge in [-0.25, -0.2) is 13.1 Å². The van der Waals surface area contributed by atoms with Crippen molar-refractivity contribution < 1.29 is 13.2 Å². The largest absolute Gasteiger partial charge is 0.326 e. The summed E-state index contributed by atoms with van der Waals surface area (Å²) in [7, 11) is -3.51. The molecule has 0 fully saturated rings. The molecule has 1 aromatic heterocycles. The van der Waals surface area contributed by atoms with Crippen LogP contribution in [0.5, 0.6) is 0 Å². The molecule has 8 heteroatoms. The van der Waals surface area contributed by atoms with Gasteiger partial charge in [0.1, 0.15) is 0 Å². The van der Waals surface area contributed by atoms with Crippen molar-refractivity contribution in [3.8, 4) is 0 Å². The van der Waals surface area contributed by atoms with Gasteiger partial charge in [-0.1, -0.05) is 0 Å². The molecule has 1 amide bonds. The van der Waals surface area contributed by atoms with Crippen LogP contribution in [0, 0.1) is 0 Å². The predicted molar refractivity (Wildman–Crippen MR) is 96.4 cm³/mol. The lowest BCUT2D eigenvalue weighted by molar-refractivity contribution is -0.114. The molecule has 0 unspecified atom stereocenters. The van der Waals surface area contributed by atoms with E-state index in [1.54, 1.807) is 35.2 Å². The Morgan fingerprint density at radius 3 is 2.57 bits per heavy atom. The van der Waals surface area contributed by atoms with Crippen molar-refractivity contribution in [2.45, 2.75) is 17.6 Å². The minimum absolute atomic E-state index is 0.189. The summed E-state index contributed by atoms with van der Waals surface area (Å²) in [4.78, 5) is 11.1. The molecule has 0 aliphatic heterocycles. The third-order valence-electron chi connectivity index (χ3n) is 2.87. The van der Waals surface area contributed by atoms with E-state index in [9.17, 15) is 13.2 Å². The van der Waals surface area contributed by atoms with Crippen LogP contribution in [0.15, 0.2) is 46.0 Å². The summed E-state index contributed by atoms with van der Waals surface area (Å²) < 4.78 is 26.9. The van der Waals surface area contributed by atoms with Gasteiger partial charge in [0, 0.05) is 30.7 Å². The molecule has 2 aromatic rings. The van der Waals surface area contributed by atoms with Gasteiger partial charge in [-0.05, 0) is 46.7 Å². The number of rotatable bonds is 8. The summed E-state index contributed by atoms with van der Waals surface area (Å²) in [6.45, 7) is 1.78. The van der Waals surface area contributed by atoms with E-state index in [1.807, 2.05) is 5.38 Å². The van der Waals surface area contributed by atoms with Gasteiger partial charge in [0.15, 0.2) is 0 Å². The van der Waals surface area contributed by atoms with Crippen molar-refractivity contribution in [3.63, 3.8) is 0 Å². The summed E-state index contributed by atoms with van der Waals surface area (Å²) >= 11 is 3.35. The Bertz CT molecular complexity index is 726. The third kappa shape index (κ3) is 5.98. The maximum Gasteiger partial charge on any atom is 0.240 e. The van der Waals surface area contributed by atoms with Crippen LogP contribution in [-0.2, 0) is 20.6 Å². The second-order valence-corrected chi connectivity index (χ2v) is 8.44. The van der Waals surface area contributed by atoms with E-state index in [0.29, 0.717) is 18.0 Å². The highest BCUT2D eigenvalue weighted by Crippen LogP contribution is 2.16. The van der Waals surface area contributed by atoms with Crippen LogP contribution in [0.25, 0.3) is 0 Å². The first kappa shape index (κ1) is 18.0. The summed E-state index contributed by atoms with van der Waals surface area (Å²) in [5, 5.41) is 6.72. The highest BCUT2D eigenvalue weighted by molar-refractivity contribution is 7.98. The van der Waals surface area contributed by atoms with Crippen molar-refractivity contribution in [2.24, 2.45) is 0 Å². The molecule has 0 aliphatic carbocycles. The summed E-state index contributed by atoms with van der Waals surface area (Å²) in [5.74, 6) is 1.40. The van der Waals surface area contributed by atoms with E-state index in [-0.39, 0.29) is 10.8 Å². The minimum atomic E-state index is -3.51. The fraction of sp³-hybridized carbons (Fsp3) is 0.267. The Morgan fingerprint density at radius 1 is 1.22 bits per heavy atom. The Balaban J connectivity index is 1.80. The average molecular weight is 371 g/mol. The average Bonchev–Trinajstić information content (AvgIpc) is 3.00. The lowest BCUT2D eigenvalue weighted by atomic mass is 10.3. The van der Waals surface area contributed by atoms with Gasteiger partial charge >= 0.3 is 0 Å². The van der Waals surface area contributed by atoms with Crippen molar-refractivity contribution in [3.05, 3.63) is 46.7 Å². The van der Waals surface area contributed by atoms with Crippen LogP contribution in [0.4, 0.5) is 5.69 Å². The topological polar surface area (TPSA) is 75.3 Å². The third-order valence-corrected chi connectivity index (χ3v) is 6.11. The number of nitrogens with one attached hydrogen (secondary N) is 2. The quantitative estimate of drug-likeness (QED) is 0.701. The van der Waals surface area contributed by atoms with Crippen LogP contribution in [0.3, 0.4) is 0 Å². The zero-order valence-electron chi connectivity index (χ0n) is 12.6. The van der Waals surface area contributed by atoms with Crippen LogP contribution < -0.4 is 10.0 Å². The van der Waals surface area contributed by atoms with Crippen molar-refractivity contribution in [2.75, 3.05) is 17.6 Å². The fourth-order valence-corrected chi connectivity index (χ4v) is 4.56. The Labute approximate surface area is 144 Å². The lowest BCUT2D eigenvalue weighted by Crippen LogP contribution is -2.26. The van der Waals surface area contributed by atoms with Crippen LogP contribution in [-0.4, -0.2) is 26.6 Å². The number of sulfonamides is 1. The maximum atomic E-state index is 12.2. The number of carbonyl (C=O) groups is 1. The standard InChI is InChI=1S/C15H18N2O3S3/c1-12(18)17-14-2-4-15(5-3-14)23(19,20)16-7-9-22-11-13-6-8-21-10-13/h2-6,8,10,16H,7,9,11H2,1H3,(H,17,18). The maximum absolute atomic E-state index is 12.2. The number of hydrogen-bond donors (Lipinski definition) is 2. The second kappa shape index (κ2) is 8.49. The zero-order valence-corrected chi connectivity index (χ0v) is 15.1. The molecule has 124 valence electrons. The van der Waals surface area contributed by atoms with E-state index >= 15 is 0 Å². The molecule has 0 saturated carbocycles. The van der Waals surface area contributed by atoms with Gasteiger partial charge in [-0.3, -0.25) is 4.79 Å². The molecular formula is C15H18N2O3S3. The highest BCUT2D eigenvalue weighted by atomic mass is 32.2. The number of benzene rings is 1. The van der Waals surface area contributed by atoms with Gasteiger partial charge in [0.25, 0.3) is 0 Å². The molecule has 23 heavy (non-hydrogen) atoms. The van der Waals surface area contributed by atoms with Crippen LogP contribution in [0.2, 0.25) is 0 Å². The number of hydrogen-bond acceptors (Lipinski definition) is 5. The molecule has 0 aliphatic rings. The first-order valence-corrected chi connectivity index (χ1v) is 10.5. The molecule has 5 nitrogen and oxygen atoms in total. The smallest absolute Gasteiger partial charge is 0.240 e. The van der Waals surface area contributed by atoms with E-state index in [2.05, 4.69) is 21.5 Å². The van der Waals surface area contributed by atoms with Gasteiger partial charge in [0.05, 0.1) is 4.90 Å². The predicted octanol–water partition coefficient (Wildman–Crippen LogP) is 2.92. The molecule has 1 heterocycles. The van der Waals surface area contributed by atoms with Crippen LogP contribution in [0.1, 0.15) is 12.5 Å². The summed E-state index contributed by atoms with van der Waals surface area (Å²) in [5.41, 5.74) is 1.83. The number of anilines is 1. The molecule has 0 atom stereocenters. The Morgan fingerprint density at radius 2 is 1.96 bits per heavy atom. The molecule has 0 spiro atoms.